The number of hydrogen-bond donors (Lipinski definition) is 5. The molecule has 0 rings (SSSR count). The van der Waals surface area contributed by atoms with Gasteiger partial charge in [0.15, 0.2) is 6.10 Å². The topological polar surface area (TPSA) is 180 Å². The number of ether oxygens (including phenoxy) is 2. The van der Waals surface area contributed by atoms with Crippen LogP contribution in [0.2, 0.25) is 0 Å². The van der Waals surface area contributed by atoms with Gasteiger partial charge in [-0.05, 0) is 64.2 Å². The fraction of sp³-hybridized carbons (Fsp3) is 0.581. The van der Waals surface area contributed by atoms with E-state index in [1.54, 1.807) is 42.5 Å². The Morgan fingerprint density at radius 3 is 1.73 bits per heavy atom. The van der Waals surface area contributed by atoms with Gasteiger partial charge in [0, 0.05) is 12.8 Å². The summed E-state index contributed by atoms with van der Waals surface area (Å²) in [5, 5.41) is 30.3. The molecule has 312 valence electrons. The van der Waals surface area contributed by atoms with Gasteiger partial charge in [0.2, 0.25) is 0 Å². The summed E-state index contributed by atoms with van der Waals surface area (Å²) in [5.74, 6) is -1.29. The molecule has 0 radical (unpaired) electrons. The summed E-state index contributed by atoms with van der Waals surface area (Å²) in [7, 11) is -4.87. The molecule has 0 heterocycles. The Balaban J connectivity index is 4.41. The number of aliphatic hydroxyl groups excluding tert-OH is 3. The molecule has 12 heteroatoms. The summed E-state index contributed by atoms with van der Waals surface area (Å²) >= 11 is 0. The Bertz CT molecular complexity index is 1260. The maximum atomic E-state index is 12.4. The number of phosphoric acid groups is 1. The van der Waals surface area contributed by atoms with Gasteiger partial charge in [-0.15, -0.1) is 0 Å². The van der Waals surface area contributed by atoms with Crippen LogP contribution in [0.1, 0.15) is 123 Å². The second kappa shape index (κ2) is 36.5. The van der Waals surface area contributed by atoms with Crippen molar-refractivity contribution in [2.45, 2.75) is 147 Å². The van der Waals surface area contributed by atoms with Gasteiger partial charge >= 0.3 is 19.8 Å². The number of unbranched alkanes of at least 4 members (excludes halogenated alkanes) is 6. The van der Waals surface area contributed by atoms with Gasteiger partial charge in [-0.2, -0.15) is 0 Å². The molecule has 0 unspecified atom stereocenters. The maximum Gasteiger partial charge on any atom is 0.469 e. The van der Waals surface area contributed by atoms with Crippen molar-refractivity contribution in [1.29, 1.82) is 0 Å². The molecule has 0 aliphatic heterocycles. The number of aliphatic hydroxyl groups is 3. The van der Waals surface area contributed by atoms with Crippen LogP contribution in [0.4, 0.5) is 0 Å². The highest BCUT2D eigenvalue weighted by atomic mass is 31.2. The molecule has 5 N–H and O–H groups in total. The number of carbonyl (C=O) groups excluding carboxylic acids is 2. The summed E-state index contributed by atoms with van der Waals surface area (Å²) < 4.78 is 26.1. The molecule has 0 saturated heterocycles. The van der Waals surface area contributed by atoms with Crippen molar-refractivity contribution in [3.8, 4) is 0 Å². The van der Waals surface area contributed by atoms with Crippen molar-refractivity contribution in [3.05, 3.63) is 97.2 Å². The Kier molecular flexibility index (Phi) is 34.4. The van der Waals surface area contributed by atoms with E-state index < -0.39 is 57.4 Å². The first-order valence-electron chi connectivity index (χ1n) is 19.9. The first-order valence-corrected chi connectivity index (χ1v) is 21.4. The lowest BCUT2D eigenvalue weighted by atomic mass is 10.1. The van der Waals surface area contributed by atoms with E-state index in [-0.39, 0.29) is 25.7 Å². The standard InChI is InChI=1S/C43H69O11P/c1-3-5-7-8-9-10-11-12-13-14-15-16-17-18-19-24-28-34-42(47)52-36-39(37-53-55(49,50)51)54-43(48)35-29-33-41(46)40(45)32-27-23-21-20-22-26-31-38(44)30-25-6-4-2/h9-10,12-13,15-16,18-23,26-27,31-32,38-41,44-46H,3-8,11,14,17,24-25,28-30,33-37H2,1-2H3,(H2,49,50,51)/b10-9-,13-12-,16-15-,19-18-,22-20-,23-21+,31-26+,32-27+/t38-,39+,40-,41-/m0/s1. The number of hydrogen-bond acceptors (Lipinski definition) is 9. The normalized spacial score (nSPS) is 15.3. The van der Waals surface area contributed by atoms with Crippen LogP contribution in [0.5, 0.6) is 0 Å². The van der Waals surface area contributed by atoms with E-state index in [2.05, 4.69) is 54.8 Å². The van der Waals surface area contributed by atoms with E-state index >= 15 is 0 Å². The van der Waals surface area contributed by atoms with Crippen LogP contribution in [0.3, 0.4) is 0 Å². The highest BCUT2D eigenvalue weighted by Gasteiger charge is 2.23. The fourth-order valence-electron chi connectivity index (χ4n) is 4.81. The molecular formula is C43H69O11P. The number of allylic oxidation sites excluding steroid dienone is 14. The van der Waals surface area contributed by atoms with Crippen LogP contribution in [0.15, 0.2) is 97.2 Å². The van der Waals surface area contributed by atoms with Crippen LogP contribution in [0, 0.1) is 0 Å². The van der Waals surface area contributed by atoms with Gasteiger partial charge in [-0.25, -0.2) is 4.57 Å². The minimum atomic E-state index is -4.87. The monoisotopic (exact) mass is 792 g/mol. The molecule has 11 nitrogen and oxygen atoms in total. The number of phosphoric ester groups is 1. The lowest BCUT2D eigenvalue weighted by Crippen LogP contribution is -2.29. The minimum Gasteiger partial charge on any atom is -0.462 e. The molecule has 4 atom stereocenters. The van der Waals surface area contributed by atoms with Gasteiger partial charge in [0.05, 0.1) is 24.9 Å². The second-order valence-corrected chi connectivity index (χ2v) is 14.4. The van der Waals surface area contributed by atoms with Crippen LogP contribution < -0.4 is 0 Å². The lowest BCUT2D eigenvalue weighted by molar-refractivity contribution is -0.161. The van der Waals surface area contributed by atoms with E-state index in [4.69, 9.17) is 19.3 Å². The predicted octanol–water partition coefficient (Wildman–Crippen LogP) is 8.75. The van der Waals surface area contributed by atoms with E-state index in [1.165, 1.54) is 25.3 Å². The first-order chi connectivity index (χ1) is 26.5. The van der Waals surface area contributed by atoms with Gasteiger partial charge in [0.1, 0.15) is 6.61 Å². The van der Waals surface area contributed by atoms with Crippen molar-refractivity contribution in [3.63, 3.8) is 0 Å². The predicted molar refractivity (Wildman–Crippen MR) is 220 cm³/mol. The molecule has 55 heavy (non-hydrogen) atoms. The van der Waals surface area contributed by atoms with Crippen molar-refractivity contribution in [2.75, 3.05) is 13.2 Å². The van der Waals surface area contributed by atoms with E-state index in [1.807, 2.05) is 12.2 Å². The fourth-order valence-corrected chi connectivity index (χ4v) is 5.17. The molecule has 0 amide bonds. The van der Waals surface area contributed by atoms with Gasteiger partial charge in [0.25, 0.3) is 0 Å². The van der Waals surface area contributed by atoms with Crippen molar-refractivity contribution in [1.82, 2.24) is 0 Å². The zero-order chi connectivity index (χ0) is 40.8. The largest absolute Gasteiger partial charge is 0.469 e. The van der Waals surface area contributed by atoms with E-state index in [9.17, 15) is 29.5 Å². The smallest absolute Gasteiger partial charge is 0.462 e. The zero-order valence-electron chi connectivity index (χ0n) is 33.1. The SMILES string of the molecule is CCCCC/C=C\C/C=C\C/C=C\C/C=C\CCCC(=O)OC[C@H](COP(=O)(O)O)OC(=O)CCC[C@H](O)[C@@H](O)/C=C/C=C/C=C\C=C\[C@@H](O)CCCCC. The number of carbonyl (C=O) groups is 2. The number of esters is 2. The maximum absolute atomic E-state index is 12.4. The molecule has 0 bridgehead atoms. The Hall–Kier alpha value is -3.15. The van der Waals surface area contributed by atoms with Crippen LogP contribution in [-0.2, 0) is 28.2 Å². The molecule has 0 aromatic heterocycles. The molecule has 0 aromatic carbocycles. The Morgan fingerprint density at radius 1 is 0.600 bits per heavy atom. The molecule has 0 spiro atoms. The molecular weight excluding hydrogens is 723 g/mol. The molecule has 0 saturated carbocycles. The zero-order valence-corrected chi connectivity index (χ0v) is 34.0. The summed E-state index contributed by atoms with van der Waals surface area (Å²) in [5.41, 5.74) is 0. The molecule has 0 aliphatic carbocycles. The Labute approximate surface area is 330 Å². The summed E-state index contributed by atoms with van der Waals surface area (Å²) in [4.78, 5) is 42.8. The van der Waals surface area contributed by atoms with E-state index in [0.29, 0.717) is 12.8 Å². The lowest BCUT2D eigenvalue weighted by Gasteiger charge is -2.19. The average Bonchev–Trinajstić information content (AvgIpc) is 3.14. The Morgan fingerprint density at radius 2 is 1.13 bits per heavy atom. The van der Waals surface area contributed by atoms with E-state index in [0.717, 1.165) is 51.4 Å². The first kappa shape index (κ1) is 51.9. The quantitative estimate of drug-likeness (QED) is 0.0138. The van der Waals surface area contributed by atoms with Crippen molar-refractivity contribution < 1.29 is 53.3 Å². The van der Waals surface area contributed by atoms with Crippen molar-refractivity contribution >= 4 is 19.8 Å². The third-order valence-electron chi connectivity index (χ3n) is 7.94. The third-order valence-corrected chi connectivity index (χ3v) is 8.43. The molecule has 0 aromatic rings. The van der Waals surface area contributed by atoms with Gasteiger partial charge in [-0.1, -0.05) is 143 Å². The highest BCUT2D eigenvalue weighted by Crippen LogP contribution is 2.36. The van der Waals surface area contributed by atoms with Gasteiger partial charge in [-0.3, -0.25) is 14.1 Å². The highest BCUT2D eigenvalue weighted by molar-refractivity contribution is 7.46. The average molecular weight is 793 g/mol. The molecule has 0 fully saturated rings. The number of rotatable bonds is 34. The van der Waals surface area contributed by atoms with Crippen molar-refractivity contribution in [2.24, 2.45) is 0 Å². The minimum absolute atomic E-state index is 0.0771. The summed E-state index contributed by atoms with van der Waals surface area (Å²) in [6.45, 7) is 3.19. The van der Waals surface area contributed by atoms with Gasteiger partial charge < -0.3 is 34.6 Å². The van der Waals surface area contributed by atoms with Crippen LogP contribution in [-0.4, -0.2) is 74.7 Å². The third kappa shape index (κ3) is 37.5. The second-order valence-electron chi connectivity index (χ2n) is 13.1. The van der Waals surface area contributed by atoms with Crippen LogP contribution in [0.25, 0.3) is 0 Å². The molecule has 0 aliphatic rings. The van der Waals surface area contributed by atoms with Crippen LogP contribution >= 0.6 is 7.82 Å². The summed E-state index contributed by atoms with van der Waals surface area (Å²) in [6, 6.07) is 0. The summed E-state index contributed by atoms with van der Waals surface area (Å²) in [6.07, 6.45) is 39.3.